The van der Waals surface area contributed by atoms with Gasteiger partial charge < -0.3 is 4.57 Å². The fourth-order valence-electron chi connectivity index (χ4n) is 6.74. The molecule has 0 bridgehead atoms. The fraction of sp³-hybridized carbons (Fsp3) is 0. The Hall–Kier alpha value is -5.44. The third-order valence-electron chi connectivity index (χ3n) is 8.77. The molecule has 2 aromatic heterocycles. The average molecular weight is 578 g/mol. The number of hydrogen-bond acceptors (Lipinski definition) is 1. The van der Waals surface area contributed by atoms with Crippen molar-refractivity contribution in [1.29, 1.82) is 0 Å². The predicted molar refractivity (Wildman–Crippen MR) is 190 cm³/mol. The van der Waals surface area contributed by atoms with Gasteiger partial charge in [0.1, 0.15) is 0 Å². The van der Waals surface area contributed by atoms with E-state index in [2.05, 4.69) is 168 Å². The molecule has 0 saturated carbocycles. The molecule has 2 heterocycles. The molecule has 44 heavy (non-hydrogen) atoms. The van der Waals surface area contributed by atoms with E-state index in [0.29, 0.717) is 0 Å². The number of fused-ring (bicyclic) bond motifs is 6. The molecule has 0 fully saturated rings. The molecule has 9 rings (SSSR count). The molecule has 0 radical (unpaired) electrons. The van der Waals surface area contributed by atoms with E-state index < -0.39 is 0 Å². The van der Waals surface area contributed by atoms with Gasteiger partial charge in [-0.05, 0) is 88.0 Å². The second kappa shape index (κ2) is 10.1. The molecule has 0 unspecified atom stereocenters. The van der Waals surface area contributed by atoms with Gasteiger partial charge in [0.2, 0.25) is 0 Å². The van der Waals surface area contributed by atoms with Gasteiger partial charge in [0.25, 0.3) is 0 Å². The van der Waals surface area contributed by atoms with Crippen molar-refractivity contribution in [2.45, 2.75) is 0 Å². The Balaban J connectivity index is 1.30. The van der Waals surface area contributed by atoms with E-state index in [1.165, 1.54) is 81.0 Å². The lowest BCUT2D eigenvalue weighted by molar-refractivity contribution is 1.20. The average Bonchev–Trinajstić information content (AvgIpc) is 3.64. The van der Waals surface area contributed by atoms with Crippen LogP contribution in [0.5, 0.6) is 0 Å². The maximum atomic E-state index is 2.45. The third kappa shape index (κ3) is 4.00. The van der Waals surface area contributed by atoms with E-state index in [1.807, 2.05) is 11.3 Å². The highest BCUT2D eigenvalue weighted by atomic mass is 32.1. The Labute approximate surface area is 259 Å². The Morgan fingerprint density at radius 1 is 0.341 bits per heavy atom. The van der Waals surface area contributed by atoms with Crippen LogP contribution >= 0.6 is 11.3 Å². The smallest absolute Gasteiger partial charge is 0.0555 e. The summed E-state index contributed by atoms with van der Waals surface area (Å²) >= 11 is 1.87. The van der Waals surface area contributed by atoms with Crippen molar-refractivity contribution in [2.24, 2.45) is 0 Å². The fourth-order valence-corrected chi connectivity index (χ4v) is 7.85. The van der Waals surface area contributed by atoms with Crippen LogP contribution in [0.25, 0.3) is 81.0 Å². The van der Waals surface area contributed by atoms with Gasteiger partial charge in [-0.15, -0.1) is 11.3 Å². The number of para-hydroxylation sites is 2. The normalized spacial score (nSPS) is 11.6. The summed E-state index contributed by atoms with van der Waals surface area (Å²) in [5.74, 6) is 0. The van der Waals surface area contributed by atoms with Crippen molar-refractivity contribution in [3.63, 3.8) is 0 Å². The topological polar surface area (TPSA) is 4.93 Å². The van der Waals surface area contributed by atoms with Gasteiger partial charge in [-0.1, -0.05) is 109 Å². The molecule has 0 atom stereocenters. The van der Waals surface area contributed by atoms with Crippen LogP contribution in [-0.2, 0) is 0 Å². The van der Waals surface area contributed by atoms with Crippen molar-refractivity contribution in [3.05, 3.63) is 164 Å². The summed E-state index contributed by atoms with van der Waals surface area (Å²) < 4.78 is 5.06. The van der Waals surface area contributed by atoms with E-state index in [0.717, 1.165) is 0 Å². The summed E-state index contributed by atoms with van der Waals surface area (Å²) in [6.45, 7) is 0. The van der Waals surface area contributed by atoms with Crippen LogP contribution in [0.4, 0.5) is 0 Å². The van der Waals surface area contributed by atoms with Crippen LogP contribution in [0.1, 0.15) is 0 Å². The molecule has 206 valence electrons. The molecule has 0 aliphatic carbocycles. The monoisotopic (exact) mass is 577 g/mol. The van der Waals surface area contributed by atoms with Crippen LogP contribution in [0.15, 0.2) is 164 Å². The van der Waals surface area contributed by atoms with E-state index in [-0.39, 0.29) is 0 Å². The van der Waals surface area contributed by atoms with Gasteiger partial charge in [0, 0.05) is 30.9 Å². The number of nitrogens with zero attached hydrogens (tertiary/aromatic N) is 1. The molecule has 2 heteroatoms. The quantitative estimate of drug-likeness (QED) is 0.196. The Morgan fingerprint density at radius 2 is 0.886 bits per heavy atom. The summed E-state index contributed by atoms with van der Waals surface area (Å²) in [7, 11) is 0. The van der Waals surface area contributed by atoms with Crippen LogP contribution in [0.2, 0.25) is 0 Å². The number of hydrogen-bond donors (Lipinski definition) is 0. The second-order valence-corrected chi connectivity index (χ2v) is 12.4. The minimum atomic E-state index is 1.22. The van der Waals surface area contributed by atoms with Crippen molar-refractivity contribution in [1.82, 2.24) is 4.57 Å². The summed E-state index contributed by atoms with van der Waals surface area (Å²) in [5, 5.41) is 5.17. The summed E-state index contributed by atoms with van der Waals surface area (Å²) in [4.78, 5) is 0. The zero-order valence-electron chi connectivity index (χ0n) is 23.9. The SMILES string of the molecule is c1ccc(-c2cc(-c3ccccc3)cc(-c3ccc4sc5cccc(-n6c7ccccc7c7ccccc76)c5c4c3)c2)cc1. The Morgan fingerprint density at radius 3 is 1.50 bits per heavy atom. The van der Waals surface area contributed by atoms with Crippen LogP contribution < -0.4 is 0 Å². The third-order valence-corrected chi connectivity index (χ3v) is 9.91. The van der Waals surface area contributed by atoms with Gasteiger partial charge >= 0.3 is 0 Å². The zero-order valence-corrected chi connectivity index (χ0v) is 24.8. The minimum Gasteiger partial charge on any atom is -0.309 e. The summed E-state index contributed by atoms with van der Waals surface area (Å²) in [6, 6.07) is 59.7. The number of aromatic nitrogens is 1. The molecule has 0 N–H and O–H groups in total. The highest BCUT2D eigenvalue weighted by Crippen LogP contribution is 2.43. The highest BCUT2D eigenvalue weighted by molar-refractivity contribution is 7.25. The van der Waals surface area contributed by atoms with Crippen LogP contribution in [0.3, 0.4) is 0 Å². The van der Waals surface area contributed by atoms with Gasteiger partial charge in [-0.3, -0.25) is 0 Å². The molecule has 0 aliphatic heterocycles. The molecule has 1 nitrogen and oxygen atoms in total. The van der Waals surface area contributed by atoms with Crippen molar-refractivity contribution in [3.8, 4) is 39.1 Å². The largest absolute Gasteiger partial charge is 0.309 e. The first-order valence-electron chi connectivity index (χ1n) is 15.0. The van der Waals surface area contributed by atoms with Gasteiger partial charge in [0.05, 0.1) is 16.7 Å². The lowest BCUT2D eigenvalue weighted by atomic mass is 9.93. The lowest BCUT2D eigenvalue weighted by Gasteiger charge is -2.12. The molecule has 0 amide bonds. The standard InChI is InChI=1S/C42H27NS/c1-3-12-28(13-4-1)31-24-32(29-14-5-2-6-15-29)26-33(25-31)30-22-23-40-36(27-30)42-39(20-11-21-41(42)44-40)43-37-18-9-7-16-34(37)35-17-8-10-19-38(35)43/h1-27H. The van der Waals surface area contributed by atoms with Crippen molar-refractivity contribution < 1.29 is 0 Å². The van der Waals surface area contributed by atoms with Crippen molar-refractivity contribution in [2.75, 3.05) is 0 Å². The molecular weight excluding hydrogens is 551 g/mol. The molecule has 0 spiro atoms. The Kier molecular flexibility index (Phi) is 5.75. The van der Waals surface area contributed by atoms with Gasteiger partial charge in [-0.25, -0.2) is 0 Å². The summed E-state index contributed by atoms with van der Waals surface area (Å²) in [5.41, 5.74) is 11.0. The van der Waals surface area contributed by atoms with Gasteiger partial charge in [0.15, 0.2) is 0 Å². The maximum Gasteiger partial charge on any atom is 0.0555 e. The van der Waals surface area contributed by atoms with E-state index >= 15 is 0 Å². The molecular formula is C42H27NS. The first-order valence-corrected chi connectivity index (χ1v) is 15.8. The predicted octanol–water partition coefficient (Wildman–Crippen LogP) is 12.2. The lowest BCUT2D eigenvalue weighted by Crippen LogP contribution is -1.94. The Bertz CT molecular complexity index is 2370. The van der Waals surface area contributed by atoms with Gasteiger partial charge in [-0.2, -0.15) is 0 Å². The highest BCUT2D eigenvalue weighted by Gasteiger charge is 2.17. The number of thiophene rings is 1. The first-order chi connectivity index (χ1) is 21.8. The van der Waals surface area contributed by atoms with Crippen LogP contribution in [0, 0.1) is 0 Å². The second-order valence-electron chi connectivity index (χ2n) is 11.4. The number of rotatable bonds is 4. The molecule has 7 aromatic carbocycles. The van der Waals surface area contributed by atoms with E-state index in [9.17, 15) is 0 Å². The van der Waals surface area contributed by atoms with E-state index in [4.69, 9.17) is 0 Å². The number of benzene rings is 7. The zero-order chi connectivity index (χ0) is 29.0. The van der Waals surface area contributed by atoms with E-state index in [1.54, 1.807) is 0 Å². The first kappa shape index (κ1) is 25.1. The minimum absolute atomic E-state index is 1.22. The van der Waals surface area contributed by atoms with Crippen molar-refractivity contribution >= 4 is 53.3 Å². The molecule has 0 saturated heterocycles. The molecule has 9 aromatic rings. The maximum absolute atomic E-state index is 2.45. The molecule has 0 aliphatic rings. The van der Waals surface area contributed by atoms with Crippen LogP contribution in [-0.4, -0.2) is 4.57 Å². The summed E-state index contributed by atoms with van der Waals surface area (Å²) in [6.07, 6.45) is 0.